The molecule has 0 amide bonds. The van der Waals surface area contributed by atoms with Crippen LogP contribution < -0.4 is 4.90 Å². The van der Waals surface area contributed by atoms with Gasteiger partial charge in [-0.25, -0.2) is 9.78 Å². The molecule has 0 atom stereocenters. The van der Waals surface area contributed by atoms with Gasteiger partial charge in [0, 0.05) is 25.9 Å². The Bertz CT molecular complexity index is 373. The molecule has 0 unspecified atom stereocenters. The van der Waals surface area contributed by atoms with Gasteiger partial charge >= 0.3 is 5.97 Å². The van der Waals surface area contributed by atoms with Crippen LogP contribution in [-0.2, 0) is 4.74 Å². The van der Waals surface area contributed by atoms with Crippen LogP contribution in [0.1, 0.15) is 16.9 Å². The fraction of sp³-hybridized carbons (Fsp3) is 0.455. The van der Waals surface area contributed by atoms with E-state index in [2.05, 4.69) is 4.98 Å². The Morgan fingerprint density at radius 1 is 1.44 bits per heavy atom. The summed E-state index contributed by atoms with van der Waals surface area (Å²) >= 11 is 0. The summed E-state index contributed by atoms with van der Waals surface area (Å²) in [6.07, 6.45) is 2.41. The van der Waals surface area contributed by atoms with Crippen molar-refractivity contribution in [3.8, 4) is 0 Å². The van der Waals surface area contributed by atoms with Crippen molar-refractivity contribution in [1.82, 2.24) is 4.98 Å². The maximum atomic E-state index is 11.0. The molecular formula is C11H14N2O3. The molecule has 5 heteroatoms. The molecule has 0 saturated carbocycles. The lowest BCUT2D eigenvalue weighted by Gasteiger charge is -2.22. The summed E-state index contributed by atoms with van der Waals surface area (Å²) in [6.45, 7) is 2.89. The number of aromatic carboxylic acids is 1. The van der Waals surface area contributed by atoms with Gasteiger partial charge in [0.25, 0.3) is 0 Å². The third-order valence-corrected chi connectivity index (χ3v) is 2.55. The second-order valence-corrected chi connectivity index (χ2v) is 3.63. The second kappa shape index (κ2) is 4.94. The number of rotatable bonds is 2. The van der Waals surface area contributed by atoms with E-state index in [-0.39, 0.29) is 5.69 Å². The fourth-order valence-corrected chi connectivity index (χ4v) is 1.80. The summed E-state index contributed by atoms with van der Waals surface area (Å²) < 4.78 is 5.34. The molecule has 2 rings (SSSR count). The molecule has 1 fully saturated rings. The van der Waals surface area contributed by atoms with E-state index in [1.54, 1.807) is 12.1 Å². The van der Waals surface area contributed by atoms with Gasteiger partial charge < -0.3 is 14.7 Å². The third-order valence-electron chi connectivity index (χ3n) is 2.55. The summed E-state index contributed by atoms with van der Waals surface area (Å²) in [5, 5.41) is 9.05. The number of ether oxygens (including phenoxy) is 1. The lowest BCUT2D eigenvalue weighted by atomic mass is 10.2. The van der Waals surface area contributed by atoms with E-state index in [1.807, 2.05) is 4.90 Å². The average Bonchev–Trinajstić information content (AvgIpc) is 2.57. The van der Waals surface area contributed by atoms with E-state index in [9.17, 15) is 4.79 Å². The van der Waals surface area contributed by atoms with Crippen LogP contribution in [-0.4, -0.2) is 42.4 Å². The topological polar surface area (TPSA) is 62.7 Å². The molecule has 1 aliphatic heterocycles. The van der Waals surface area contributed by atoms with E-state index in [1.165, 1.54) is 6.20 Å². The Kier molecular flexibility index (Phi) is 3.36. The van der Waals surface area contributed by atoms with Gasteiger partial charge in [-0.05, 0) is 18.6 Å². The molecule has 16 heavy (non-hydrogen) atoms. The summed E-state index contributed by atoms with van der Waals surface area (Å²) in [5.74, 6) is -0.985. The molecule has 1 aromatic heterocycles. The van der Waals surface area contributed by atoms with Gasteiger partial charge in [-0.2, -0.15) is 0 Å². The molecule has 0 aliphatic carbocycles. The number of hydrogen-bond donors (Lipinski definition) is 1. The summed E-state index contributed by atoms with van der Waals surface area (Å²) in [4.78, 5) is 16.9. The molecule has 0 bridgehead atoms. The highest BCUT2D eigenvalue weighted by Gasteiger charge is 2.17. The van der Waals surface area contributed by atoms with Gasteiger partial charge in [0.15, 0.2) is 5.69 Å². The molecule has 0 radical (unpaired) electrons. The largest absolute Gasteiger partial charge is 0.476 e. The number of nitrogens with zero attached hydrogens (tertiary/aromatic N) is 2. The van der Waals surface area contributed by atoms with Crippen LogP contribution in [0.3, 0.4) is 0 Å². The van der Waals surface area contributed by atoms with Crippen LogP contribution in [0.5, 0.6) is 0 Å². The van der Waals surface area contributed by atoms with Gasteiger partial charge in [-0.15, -0.1) is 0 Å². The highest BCUT2D eigenvalue weighted by molar-refractivity contribution is 5.92. The first kappa shape index (κ1) is 10.9. The molecule has 86 valence electrons. The van der Waals surface area contributed by atoms with Crippen LogP contribution in [0, 0.1) is 0 Å². The third kappa shape index (κ3) is 2.30. The van der Waals surface area contributed by atoms with Gasteiger partial charge in [0.1, 0.15) is 0 Å². The molecule has 1 N–H and O–H groups in total. The van der Waals surface area contributed by atoms with Crippen LogP contribution in [0.15, 0.2) is 18.3 Å². The smallest absolute Gasteiger partial charge is 0.356 e. The molecule has 1 aliphatic rings. The number of carboxylic acids is 1. The highest BCUT2D eigenvalue weighted by Crippen LogP contribution is 2.19. The van der Waals surface area contributed by atoms with Gasteiger partial charge in [0.05, 0.1) is 12.3 Å². The lowest BCUT2D eigenvalue weighted by molar-refractivity contribution is 0.0691. The number of aromatic nitrogens is 1. The van der Waals surface area contributed by atoms with E-state index in [0.717, 1.165) is 19.6 Å². The minimum atomic E-state index is -0.985. The Morgan fingerprint density at radius 2 is 2.31 bits per heavy atom. The average molecular weight is 222 g/mol. The molecule has 1 aromatic rings. The maximum absolute atomic E-state index is 11.0. The molecule has 5 nitrogen and oxygen atoms in total. The van der Waals surface area contributed by atoms with Crippen molar-refractivity contribution < 1.29 is 14.6 Å². The van der Waals surface area contributed by atoms with Gasteiger partial charge in [-0.3, -0.25) is 0 Å². The van der Waals surface area contributed by atoms with E-state index in [4.69, 9.17) is 9.84 Å². The van der Waals surface area contributed by atoms with E-state index in [0.29, 0.717) is 18.8 Å². The highest BCUT2D eigenvalue weighted by atomic mass is 16.5. The van der Waals surface area contributed by atoms with Crippen molar-refractivity contribution in [3.05, 3.63) is 24.0 Å². The predicted molar refractivity (Wildman–Crippen MR) is 58.8 cm³/mol. The Hall–Kier alpha value is -1.62. The Labute approximate surface area is 93.7 Å². The SMILES string of the molecule is O=C(O)c1ncccc1N1CCCOCC1. The summed E-state index contributed by atoms with van der Waals surface area (Å²) in [6, 6.07) is 3.55. The normalized spacial score (nSPS) is 16.9. The van der Waals surface area contributed by atoms with Crippen molar-refractivity contribution >= 4 is 11.7 Å². The van der Waals surface area contributed by atoms with Crippen molar-refractivity contribution in [2.45, 2.75) is 6.42 Å². The van der Waals surface area contributed by atoms with E-state index >= 15 is 0 Å². The van der Waals surface area contributed by atoms with Crippen LogP contribution in [0.25, 0.3) is 0 Å². The second-order valence-electron chi connectivity index (χ2n) is 3.63. The zero-order chi connectivity index (χ0) is 11.4. The molecule has 0 aromatic carbocycles. The minimum Gasteiger partial charge on any atom is -0.476 e. The van der Waals surface area contributed by atoms with E-state index < -0.39 is 5.97 Å². The van der Waals surface area contributed by atoms with Crippen molar-refractivity contribution in [2.24, 2.45) is 0 Å². The molecule has 1 saturated heterocycles. The summed E-state index contributed by atoms with van der Waals surface area (Å²) in [7, 11) is 0. The first-order valence-corrected chi connectivity index (χ1v) is 5.30. The van der Waals surface area contributed by atoms with Crippen LogP contribution in [0.2, 0.25) is 0 Å². The fourth-order valence-electron chi connectivity index (χ4n) is 1.80. The minimum absolute atomic E-state index is 0.115. The Morgan fingerprint density at radius 3 is 3.12 bits per heavy atom. The molecule has 0 spiro atoms. The molecular weight excluding hydrogens is 208 g/mol. The van der Waals surface area contributed by atoms with Crippen LogP contribution >= 0.6 is 0 Å². The summed E-state index contributed by atoms with van der Waals surface area (Å²) in [5.41, 5.74) is 0.796. The van der Waals surface area contributed by atoms with Crippen molar-refractivity contribution in [1.29, 1.82) is 0 Å². The lowest BCUT2D eigenvalue weighted by Crippen LogP contribution is -2.28. The van der Waals surface area contributed by atoms with Gasteiger partial charge in [0.2, 0.25) is 0 Å². The Balaban J connectivity index is 2.27. The number of anilines is 1. The molecule has 2 heterocycles. The number of hydrogen-bond acceptors (Lipinski definition) is 4. The zero-order valence-electron chi connectivity index (χ0n) is 8.93. The monoisotopic (exact) mass is 222 g/mol. The first-order chi connectivity index (χ1) is 7.79. The predicted octanol–water partition coefficient (Wildman–Crippen LogP) is 1.01. The zero-order valence-corrected chi connectivity index (χ0v) is 8.93. The quantitative estimate of drug-likeness (QED) is 0.809. The standard InChI is InChI=1S/C11H14N2O3/c14-11(15)10-9(3-1-4-12-10)13-5-2-7-16-8-6-13/h1,3-4H,2,5-8H2,(H,14,15). The number of carbonyl (C=O) groups is 1. The first-order valence-electron chi connectivity index (χ1n) is 5.30. The van der Waals surface area contributed by atoms with Crippen LogP contribution in [0.4, 0.5) is 5.69 Å². The number of pyridine rings is 1. The number of carboxylic acid groups (broad SMARTS) is 1. The van der Waals surface area contributed by atoms with Crippen molar-refractivity contribution in [3.63, 3.8) is 0 Å². The van der Waals surface area contributed by atoms with Gasteiger partial charge in [-0.1, -0.05) is 0 Å². The van der Waals surface area contributed by atoms with Crippen molar-refractivity contribution in [2.75, 3.05) is 31.2 Å². The maximum Gasteiger partial charge on any atom is 0.356 e.